The van der Waals surface area contributed by atoms with E-state index in [9.17, 15) is 4.39 Å². The first kappa shape index (κ1) is 12.1. The van der Waals surface area contributed by atoms with Gasteiger partial charge in [-0.25, -0.2) is 4.39 Å². The van der Waals surface area contributed by atoms with Crippen LogP contribution in [0.15, 0.2) is 58.5 Å². The highest BCUT2D eigenvalue weighted by Crippen LogP contribution is 2.34. The summed E-state index contributed by atoms with van der Waals surface area (Å²) in [7, 11) is 1.64. The second kappa shape index (κ2) is 4.97. The van der Waals surface area contributed by atoms with E-state index >= 15 is 0 Å². The summed E-state index contributed by atoms with van der Waals surface area (Å²) in [6.07, 6.45) is 1.90. The van der Waals surface area contributed by atoms with Crippen molar-refractivity contribution < 1.29 is 9.13 Å². The third kappa shape index (κ3) is 2.44. The van der Waals surface area contributed by atoms with Crippen molar-refractivity contribution in [2.45, 2.75) is 9.79 Å². The minimum absolute atomic E-state index is 0.219. The average Bonchev–Trinajstić information content (AvgIpc) is 2.82. The SMILES string of the molecule is COc1ccc(Sc2c[nH]c3ccc(F)cc23)cc1. The van der Waals surface area contributed by atoms with Gasteiger partial charge in [-0.05, 0) is 42.5 Å². The summed E-state index contributed by atoms with van der Waals surface area (Å²) >= 11 is 1.60. The van der Waals surface area contributed by atoms with E-state index < -0.39 is 0 Å². The first-order valence-corrected chi connectivity index (χ1v) is 6.66. The van der Waals surface area contributed by atoms with Gasteiger partial charge in [-0.15, -0.1) is 0 Å². The van der Waals surface area contributed by atoms with Crippen molar-refractivity contribution >= 4 is 22.7 Å². The minimum Gasteiger partial charge on any atom is -0.497 e. The Morgan fingerprint density at radius 2 is 1.89 bits per heavy atom. The van der Waals surface area contributed by atoms with E-state index in [4.69, 9.17) is 4.74 Å². The molecule has 0 radical (unpaired) electrons. The fourth-order valence-corrected chi connectivity index (χ4v) is 2.85. The van der Waals surface area contributed by atoms with Gasteiger partial charge in [0.05, 0.1) is 7.11 Å². The lowest BCUT2D eigenvalue weighted by Crippen LogP contribution is -1.81. The number of hydrogen-bond donors (Lipinski definition) is 1. The molecule has 4 heteroatoms. The third-order valence-corrected chi connectivity index (χ3v) is 3.96. The molecule has 19 heavy (non-hydrogen) atoms. The molecule has 0 unspecified atom stereocenters. The fraction of sp³-hybridized carbons (Fsp3) is 0.0667. The molecule has 0 spiro atoms. The fourth-order valence-electron chi connectivity index (χ4n) is 1.92. The van der Waals surface area contributed by atoms with Crippen molar-refractivity contribution in [2.24, 2.45) is 0 Å². The van der Waals surface area contributed by atoms with Gasteiger partial charge in [-0.2, -0.15) is 0 Å². The van der Waals surface area contributed by atoms with Crippen LogP contribution in [0.4, 0.5) is 4.39 Å². The van der Waals surface area contributed by atoms with Crippen LogP contribution in [0, 0.1) is 5.82 Å². The van der Waals surface area contributed by atoms with E-state index in [2.05, 4.69) is 4.98 Å². The summed E-state index contributed by atoms with van der Waals surface area (Å²) in [5, 5.41) is 0.904. The minimum atomic E-state index is -0.219. The van der Waals surface area contributed by atoms with Gasteiger partial charge in [-0.1, -0.05) is 11.8 Å². The molecule has 1 N–H and O–H groups in total. The summed E-state index contributed by atoms with van der Waals surface area (Å²) in [5.74, 6) is 0.609. The molecule has 0 amide bonds. The molecule has 2 aromatic carbocycles. The molecule has 0 saturated carbocycles. The average molecular weight is 273 g/mol. The Kier molecular flexibility index (Phi) is 3.17. The lowest BCUT2D eigenvalue weighted by molar-refractivity contribution is 0.414. The zero-order valence-electron chi connectivity index (χ0n) is 10.3. The van der Waals surface area contributed by atoms with Crippen molar-refractivity contribution in [3.8, 4) is 5.75 Å². The zero-order valence-corrected chi connectivity index (χ0v) is 11.1. The summed E-state index contributed by atoms with van der Waals surface area (Å²) in [4.78, 5) is 5.25. The van der Waals surface area contributed by atoms with Gasteiger partial charge < -0.3 is 9.72 Å². The van der Waals surface area contributed by atoms with Crippen molar-refractivity contribution in [3.05, 3.63) is 54.5 Å². The number of halogens is 1. The van der Waals surface area contributed by atoms with Crippen molar-refractivity contribution in [1.29, 1.82) is 0 Å². The Morgan fingerprint density at radius 3 is 2.63 bits per heavy atom. The molecule has 0 fully saturated rings. The third-order valence-electron chi connectivity index (χ3n) is 2.89. The highest BCUT2D eigenvalue weighted by molar-refractivity contribution is 7.99. The molecule has 0 bridgehead atoms. The second-order valence-electron chi connectivity index (χ2n) is 4.12. The van der Waals surface area contributed by atoms with Crippen LogP contribution in [0.1, 0.15) is 0 Å². The molecule has 2 nitrogen and oxygen atoms in total. The smallest absolute Gasteiger partial charge is 0.123 e. The lowest BCUT2D eigenvalue weighted by Gasteiger charge is -2.02. The van der Waals surface area contributed by atoms with Gasteiger partial charge in [0.25, 0.3) is 0 Å². The summed E-state index contributed by atoms with van der Waals surface area (Å²) < 4.78 is 18.4. The number of ether oxygens (including phenoxy) is 1. The summed E-state index contributed by atoms with van der Waals surface area (Å²) in [6, 6.07) is 12.6. The van der Waals surface area contributed by atoms with Gasteiger partial charge in [0.2, 0.25) is 0 Å². The van der Waals surface area contributed by atoms with E-state index in [-0.39, 0.29) is 5.82 Å². The highest BCUT2D eigenvalue weighted by atomic mass is 32.2. The van der Waals surface area contributed by atoms with Crippen LogP contribution in [0.25, 0.3) is 10.9 Å². The number of hydrogen-bond acceptors (Lipinski definition) is 2. The van der Waals surface area contributed by atoms with Crippen LogP contribution in [0.5, 0.6) is 5.75 Å². The number of benzene rings is 2. The molecule has 0 aliphatic heterocycles. The number of aromatic amines is 1. The number of H-pyrrole nitrogens is 1. The Morgan fingerprint density at radius 1 is 1.11 bits per heavy atom. The van der Waals surface area contributed by atoms with Crippen LogP contribution in [-0.4, -0.2) is 12.1 Å². The van der Waals surface area contributed by atoms with Gasteiger partial charge in [-0.3, -0.25) is 0 Å². The molecule has 0 aliphatic carbocycles. The van der Waals surface area contributed by atoms with Crippen molar-refractivity contribution in [1.82, 2.24) is 4.98 Å². The molecule has 1 aromatic heterocycles. The van der Waals surface area contributed by atoms with Gasteiger partial charge in [0.1, 0.15) is 11.6 Å². The number of methoxy groups -OCH3 is 1. The molecular weight excluding hydrogens is 261 g/mol. The summed E-state index contributed by atoms with van der Waals surface area (Å²) in [5.41, 5.74) is 0.942. The van der Waals surface area contributed by atoms with Crippen LogP contribution in [0.2, 0.25) is 0 Å². The Bertz CT molecular complexity index is 706. The van der Waals surface area contributed by atoms with E-state index in [0.717, 1.165) is 26.4 Å². The van der Waals surface area contributed by atoms with Crippen LogP contribution >= 0.6 is 11.8 Å². The predicted molar refractivity (Wildman–Crippen MR) is 75.4 cm³/mol. The standard InChI is InChI=1S/C15H12FNOS/c1-18-11-3-5-12(6-4-11)19-15-9-17-14-7-2-10(16)8-13(14)15/h2-9,17H,1H3. The van der Waals surface area contributed by atoms with E-state index in [1.807, 2.05) is 30.5 Å². The number of aromatic nitrogens is 1. The Hall–Kier alpha value is -1.94. The van der Waals surface area contributed by atoms with E-state index in [1.54, 1.807) is 31.0 Å². The topological polar surface area (TPSA) is 25.0 Å². The van der Waals surface area contributed by atoms with E-state index in [0.29, 0.717) is 0 Å². The first-order valence-electron chi connectivity index (χ1n) is 5.85. The molecule has 0 aliphatic rings. The normalized spacial score (nSPS) is 10.8. The Labute approximate surface area is 114 Å². The highest BCUT2D eigenvalue weighted by Gasteiger charge is 2.06. The van der Waals surface area contributed by atoms with Gasteiger partial charge in [0.15, 0.2) is 0 Å². The monoisotopic (exact) mass is 273 g/mol. The van der Waals surface area contributed by atoms with Gasteiger partial charge in [0, 0.05) is 26.9 Å². The first-order chi connectivity index (χ1) is 9.26. The van der Waals surface area contributed by atoms with Crippen molar-refractivity contribution in [3.63, 3.8) is 0 Å². The maximum atomic E-state index is 13.3. The summed E-state index contributed by atoms with van der Waals surface area (Å²) in [6.45, 7) is 0. The zero-order chi connectivity index (χ0) is 13.2. The van der Waals surface area contributed by atoms with Gasteiger partial charge >= 0.3 is 0 Å². The maximum absolute atomic E-state index is 13.3. The van der Waals surface area contributed by atoms with Crippen LogP contribution < -0.4 is 4.74 Å². The second-order valence-corrected chi connectivity index (χ2v) is 5.24. The maximum Gasteiger partial charge on any atom is 0.123 e. The molecule has 0 atom stereocenters. The Balaban J connectivity index is 1.93. The molecular formula is C15H12FNOS. The molecule has 3 aromatic rings. The predicted octanol–water partition coefficient (Wildman–Crippen LogP) is 4.47. The number of fused-ring (bicyclic) bond motifs is 1. The van der Waals surface area contributed by atoms with Crippen LogP contribution in [-0.2, 0) is 0 Å². The molecule has 96 valence electrons. The molecule has 0 saturated heterocycles. The number of nitrogens with one attached hydrogen (secondary N) is 1. The van der Waals surface area contributed by atoms with Crippen LogP contribution in [0.3, 0.4) is 0 Å². The molecule has 1 heterocycles. The lowest BCUT2D eigenvalue weighted by atomic mass is 10.2. The van der Waals surface area contributed by atoms with E-state index in [1.165, 1.54) is 6.07 Å². The van der Waals surface area contributed by atoms with Crippen molar-refractivity contribution in [2.75, 3.05) is 7.11 Å². The molecule has 3 rings (SSSR count). The quantitative estimate of drug-likeness (QED) is 0.761. The largest absolute Gasteiger partial charge is 0.497 e. The number of rotatable bonds is 3.